The van der Waals surface area contributed by atoms with Gasteiger partial charge in [-0.3, -0.25) is 0 Å². The molecule has 2 rings (SSSR count). The zero-order valence-corrected chi connectivity index (χ0v) is 11.9. The monoisotopic (exact) mass is 286 g/mol. The minimum absolute atomic E-state index is 0.117. The number of ether oxygens (including phenoxy) is 1. The molecule has 1 aromatic rings. The number of aromatic nitrogens is 2. The molecule has 19 heavy (non-hydrogen) atoms. The lowest BCUT2D eigenvalue weighted by Gasteiger charge is -2.33. The molecule has 0 aromatic carbocycles. The van der Waals surface area contributed by atoms with E-state index in [1.807, 2.05) is 6.92 Å². The van der Waals surface area contributed by atoms with E-state index < -0.39 is 10.0 Å². The highest BCUT2D eigenvalue weighted by molar-refractivity contribution is 7.89. The maximum Gasteiger partial charge on any atom is 0.246 e. The highest BCUT2D eigenvalue weighted by Gasteiger charge is 2.33. The molecule has 7 nitrogen and oxygen atoms in total. The molecule has 1 unspecified atom stereocenters. The van der Waals surface area contributed by atoms with E-state index in [1.165, 1.54) is 16.7 Å². The number of hydrogen-bond donors (Lipinski definition) is 1. The van der Waals surface area contributed by atoms with Gasteiger partial charge in [-0.15, -0.1) is 0 Å². The zero-order valence-electron chi connectivity index (χ0n) is 11.0. The lowest BCUT2D eigenvalue weighted by Crippen LogP contribution is -2.48. The number of hydrogen-bond acceptors (Lipinski definition) is 6. The number of morpholine rings is 1. The van der Waals surface area contributed by atoms with Gasteiger partial charge in [-0.1, -0.05) is 6.92 Å². The van der Waals surface area contributed by atoms with Gasteiger partial charge in [0.1, 0.15) is 4.90 Å². The van der Waals surface area contributed by atoms with E-state index in [0.717, 1.165) is 0 Å². The number of sulfonamides is 1. The second-order valence-electron chi connectivity index (χ2n) is 4.25. The molecule has 106 valence electrons. The van der Waals surface area contributed by atoms with Gasteiger partial charge >= 0.3 is 0 Å². The first-order valence-electron chi connectivity index (χ1n) is 6.19. The number of nitrogens with one attached hydrogen (secondary N) is 1. The fourth-order valence-corrected chi connectivity index (χ4v) is 3.55. The van der Waals surface area contributed by atoms with Gasteiger partial charge in [0.25, 0.3) is 0 Å². The first kappa shape index (κ1) is 14.2. The van der Waals surface area contributed by atoms with E-state index in [0.29, 0.717) is 32.1 Å². The van der Waals surface area contributed by atoms with Crippen LogP contribution in [0.2, 0.25) is 0 Å². The van der Waals surface area contributed by atoms with Crippen molar-refractivity contribution in [3.63, 3.8) is 0 Å². The van der Waals surface area contributed by atoms with Crippen LogP contribution < -0.4 is 5.32 Å². The molecule has 1 aromatic heterocycles. The average Bonchev–Trinajstić information content (AvgIpc) is 2.47. The molecule has 1 atom stereocenters. The van der Waals surface area contributed by atoms with Crippen molar-refractivity contribution in [3.05, 3.63) is 12.4 Å². The maximum atomic E-state index is 12.5. The Kier molecular flexibility index (Phi) is 4.33. The minimum atomic E-state index is -3.55. The van der Waals surface area contributed by atoms with Crippen LogP contribution in [0.15, 0.2) is 17.3 Å². The molecule has 1 fully saturated rings. The fraction of sp³-hybridized carbons (Fsp3) is 0.636. The number of rotatable bonds is 4. The van der Waals surface area contributed by atoms with Gasteiger partial charge in [0, 0.05) is 19.6 Å². The van der Waals surface area contributed by atoms with E-state index >= 15 is 0 Å². The molecular weight excluding hydrogens is 268 g/mol. The van der Waals surface area contributed by atoms with Crippen molar-refractivity contribution in [1.82, 2.24) is 14.3 Å². The van der Waals surface area contributed by atoms with Crippen LogP contribution in [-0.2, 0) is 14.8 Å². The molecular formula is C11H18N4O3S. The summed E-state index contributed by atoms with van der Waals surface area (Å²) in [5.41, 5.74) is 0. The Morgan fingerprint density at radius 2 is 2.16 bits per heavy atom. The van der Waals surface area contributed by atoms with Crippen molar-refractivity contribution in [2.75, 3.05) is 32.1 Å². The highest BCUT2D eigenvalue weighted by Crippen LogP contribution is 2.21. The predicted molar refractivity (Wildman–Crippen MR) is 70.4 cm³/mol. The van der Waals surface area contributed by atoms with Crippen LogP contribution in [0.25, 0.3) is 0 Å². The van der Waals surface area contributed by atoms with Crippen LogP contribution >= 0.6 is 0 Å². The summed E-state index contributed by atoms with van der Waals surface area (Å²) in [5, 5.41) is 2.75. The summed E-state index contributed by atoms with van der Waals surface area (Å²) in [4.78, 5) is 8.02. The van der Waals surface area contributed by atoms with Crippen molar-refractivity contribution in [1.29, 1.82) is 0 Å². The first-order valence-corrected chi connectivity index (χ1v) is 7.63. The number of nitrogens with zero attached hydrogens (tertiary/aromatic N) is 3. The maximum absolute atomic E-state index is 12.5. The summed E-state index contributed by atoms with van der Waals surface area (Å²) in [7, 11) is -1.87. The topological polar surface area (TPSA) is 84.4 Å². The Morgan fingerprint density at radius 3 is 2.74 bits per heavy atom. The molecule has 0 bridgehead atoms. The second-order valence-corrected chi connectivity index (χ2v) is 6.14. The summed E-state index contributed by atoms with van der Waals surface area (Å²) < 4.78 is 31.9. The average molecular weight is 286 g/mol. The molecule has 0 spiro atoms. The molecule has 0 aliphatic carbocycles. The summed E-state index contributed by atoms with van der Waals surface area (Å²) in [6.07, 6.45) is 3.38. The summed E-state index contributed by atoms with van der Waals surface area (Å²) in [6.45, 7) is 3.17. The Labute approximate surface area is 113 Å². The van der Waals surface area contributed by atoms with Crippen LogP contribution in [0.3, 0.4) is 0 Å². The molecule has 0 saturated carbocycles. The third kappa shape index (κ3) is 2.85. The molecule has 1 aliphatic rings. The summed E-state index contributed by atoms with van der Waals surface area (Å²) in [5.74, 6) is 0.396. The fourth-order valence-electron chi connectivity index (χ4n) is 1.99. The minimum Gasteiger partial charge on any atom is -0.378 e. The van der Waals surface area contributed by atoms with Gasteiger partial charge in [-0.25, -0.2) is 18.4 Å². The Hall–Kier alpha value is -1.25. The molecule has 8 heteroatoms. The van der Waals surface area contributed by atoms with Crippen LogP contribution in [0.4, 0.5) is 5.95 Å². The van der Waals surface area contributed by atoms with Gasteiger partial charge < -0.3 is 10.1 Å². The van der Waals surface area contributed by atoms with Crippen molar-refractivity contribution in [2.45, 2.75) is 24.3 Å². The van der Waals surface area contributed by atoms with Crippen molar-refractivity contribution >= 4 is 16.0 Å². The normalized spacial score (nSPS) is 21.3. The van der Waals surface area contributed by atoms with Gasteiger partial charge in [0.15, 0.2) is 0 Å². The molecule has 1 saturated heterocycles. The Morgan fingerprint density at radius 1 is 1.47 bits per heavy atom. The van der Waals surface area contributed by atoms with Gasteiger partial charge in [-0.05, 0) is 6.42 Å². The second kappa shape index (κ2) is 5.81. The summed E-state index contributed by atoms with van der Waals surface area (Å²) >= 11 is 0. The van der Waals surface area contributed by atoms with Gasteiger partial charge in [0.2, 0.25) is 16.0 Å². The van der Waals surface area contributed by atoms with Crippen LogP contribution in [0.5, 0.6) is 0 Å². The van der Waals surface area contributed by atoms with Crippen LogP contribution in [0, 0.1) is 0 Å². The third-order valence-corrected chi connectivity index (χ3v) is 5.01. The molecule has 1 N–H and O–H groups in total. The van der Waals surface area contributed by atoms with Crippen LogP contribution in [0.1, 0.15) is 13.3 Å². The van der Waals surface area contributed by atoms with Gasteiger partial charge in [-0.2, -0.15) is 4.31 Å². The number of anilines is 1. The van der Waals surface area contributed by atoms with Crippen molar-refractivity contribution < 1.29 is 13.2 Å². The van der Waals surface area contributed by atoms with E-state index in [1.54, 1.807) is 7.05 Å². The third-order valence-electron chi connectivity index (χ3n) is 3.10. The molecule has 0 amide bonds. The summed E-state index contributed by atoms with van der Waals surface area (Å²) in [6, 6.07) is -0.122. The van der Waals surface area contributed by atoms with Gasteiger partial charge in [0.05, 0.1) is 25.6 Å². The van der Waals surface area contributed by atoms with E-state index in [2.05, 4.69) is 15.3 Å². The predicted octanol–water partition coefficient (Wildman–Crippen LogP) is 0.318. The SMILES string of the molecule is CCC1COCCN1S(=O)(=O)c1cnc(NC)nc1. The molecule has 1 aliphatic heterocycles. The highest BCUT2D eigenvalue weighted by atomic mass is 32.2. The smallest absolute Gasteiger partial charge is 0.246 e. The van der Waals surface area contributed by atoms with E-state index in [9.17, 15) is 8.42 Å². The quantitative estimate of drug-likeness (QED) is 0.858. The first-order chi connectivity index (χ1) is 9.09. The van der Waals surface area contributed by atoms with Crippen LogP contribution in [-0.4, -0.2) is 55.5 Å². The standard InChI is InChI=1S/C11H18N4O3S/c1-3-9-8-18-5-4-15(9)19(16,17)10-6-13-11(12-2)14-7-10/h6-7,9H,3-5,8H2,1-2H3,(H,12,13,14). The molecule has 0 radical (unpaired) electrons. The molecule has 2 heterocycles. The lowest BCUT2D eigenvalue weighted by atomic mass is 10.2. The van der Waals surface area contributed by atoms with Crippen molar-refractivity contribution in [3.8, 4) is 0 Å². The van der Waals surface area contributed by atoms with Crippen molar-refractivity contribution in [2.24, 2.45) is 0 Å². The zero-order chi connectivity index (χ0) is 13.9. The van der Waals surface area contributed by atoms with E-state index in [4.69, 9.17) is 4.74 Å². The lowest BCUT2D eigenvalue weighted by molar-refractivity contribution is 0.0314. The Bertz CT molecular complexity index is 517. The van der Waals surface area contributed by atoms with E-state index in [-0.39, 0.29) is 10.9 Å². The Balaban J connectivity index is 2.29. The largest absolute Gasteiger partial charge is 0.378 e.